The van der Waals surface area contributed by atoms with Gasteiger partial charge in [0, 0.05) is 29.7 Å². The molecule has 3 N–H and O–H groups in total. The Kier molecular flexibility index (Phi) is 7.63. The molecule has 3 rings (SSSR count). The fourth-order valence-corrected chi connectivity index (χ4v) is 2.51. The van der Waals surface area contributed by atoms with Gasteiger partial charge in [-0.05, 0) is 37.6 Å². The van der Waals surface area contributed by atoms with Crippen molar-refractivity contribution >= 4 is 42.1 Å². The second kappa shape index (κ2) is 9.03. The minimum absolute atomic E-state index is 0. The van der Waals surface area contributed by atoms with Crippen LogP contribution in [0.25, 0.3) is 16.9 Å². The normalized spacial score (nSPS) is 12.6. The summed E-state index contributed by atoms with van der Waals surface area (Å²) < 4.78 is 2.02. The first-order chi connectivity index (χ1) is 11.5. The average molecular weight is 395 g/mol. The van der Waals surface area contributed by atoms with Crippen LogP contribution in [0.3, 0.4) is 0 Å². The van der Waals surface area contributed by atoms with Crippen LogP contribution in [0.2, 0.25) is 0 Å². The number of rotatable bonds is 4. The van der Waals surface area contributed by atoms with Gasteiger partial charge >= 0.3 is 0 Å². The third-order valence-electron chi connectivity index (χ3n) is 4.33. The molecular formula is C19H24Cl2N4O. The number of hydrogen-bond acceptors (Lipinski definition) is 3. The first-order valence-corrected chi connectivity index (χ1v) is 8.07. The summed E-state index contributed by atoms with van der Waals surface area (Å²) in [6.07, 6.45) is 4.00. The van der Waals surface area contributed by atoms with Gasteiger partial charge in [0.25, 0.3) is 0 Å². The summed E-state index contributed by atoms with van der Waals surface area (Å²) in [6, 6.07) is 11.6. The van der Waals surface area contributed by atoms with Crippen molar-refractivity contribution in [3.8, 4) is 11.3 Å². The molecule has 0 spiro atoms. The summed E-state index contributed by atoms with van der Waals surface area (Å²) in [5, 5.41) is 2.89. The number of nitrogens with one attached hydrogen (secondary N) is 1. The number of pyridine rings is 1. The van der Waals surface area contributed by atoms with E-state index in [1.54, 1.807) is 0 Å². The van der Waals surface area contributed by atoms with Gasteiger partial charge in [-0.25, -0.2) is 4.98 Å². The summed E-state index contributed by atoms with van der Waals surface area (Å²) in [4.78, 5) is 16.7. The lowest BCUT2D eigenvalue weighted by Gasteiger charge is -2.15. The highest BCUT2D eigenvalue weighted by Gasteiger charge is 2.17. The van der Waals surface area contributed by atoms with Gasteiger partial charge in [-0.2, -0.15) is 0 Å². The molecule has 7 heteroatoms. The van der Waals surface area contributed by atoms with Gasteiger partial charge < -0.3 is 15.5 Å². The zero-order valence-corrected chi connectivity index (χ0v) is 16.6. The lowest BCUT2D eigenvalue weighted by atomic mass is 10.0. The highest BCUT2D eigenvalue weighted by atomic mass is 35.5. The summed E-state index contributed by atoms with van der Waals surface area (Å²) in [6.45, 7) is 5.70. The number of halogens is 2. The summed E-state index contributed by atoms with van der Waals surface area (Å²) in [5.41, 5.74) is 10.5. The molecule has 1 aromatic carbocycles. The summed E-state index contributed by atoms with van der Waals surface area (Å²) in [5.74, 6) is -0.299. The van der Waals surface area contributed by atoms with E-state index in [0.717, 1.165) is 28.2 Å². The maximum atomic E-state index is 12.1. The van der Waals surface area contributed by atoms with Gasteiger partial charge in [-0.15, -0.1) is 24.8 Å². The number of imidazole rings is 1. The number of benzene rings is 1. The Morgan fingerprint density at radius 1 is 1.15 bits per heavy atom. The minimum atomic E-state index is -0.230. The SMILES string of the molecule is Cc1cccn2cc(-c3ccc(NC(=O)C(C)C(C)N)cc3)nc12.Cl.Cl. The average Bonchev–Trinajstić information content (AvgIpc) is 3.00. The van der Waals surface area contributed by atoms with Crippen molar-refractivity contribution in [3.05, 3.63) is 54.4 Å². The van der Waals surface area contributed by atoms with E-state index < -0.39 is 0 Å². The first kappa shape index (κ1) is 22.0. The van der Waals surface area contributed by atoms with Crippen molar-refractivity contribution in [2.45, 2.75) is 26.8 Å². The minimum Gasteiger partial charge on any atom is -0.327 e. The summed E-state index contributed by atoms with van der Waals surface area (Å²) in [7, 11) is 0. The van der Waals surface area contributed by atoms with Gasteiger partial charge in [0.2, 0.25) is 5.91 Å². The van der Waals surface area contributed by atoms with E-state index >= 15 is 0 Å². The highest BCUT2D eigenvalue weighted by Crippen LogP contribution is 2.22. The van der Waals surface area contributed by atoms with E-state index in [2.05, 4.69) is 10.3 Å². The van der Waals surface area contributed by atoms with Crippen LogP contribution >= 0.6 is 24.8 Å². The Hall–Kier alpha value is -2.08. The Morgan fingerprint density at radius 3 is 2.38 bits per heavy atom. The lowest BCUT2D eigenvalue weighted by molar-refractivity contribution is -0.119. The van der Waals surface area contributed by atoms with Crippen molar-refractivity contribution in [2.75, 3.05) is 5.32 Å². The number of amides is 1. The number of fused-ring (bicyclic) bond motifs is 1. The Bertz CT molecular complexity index is 875. The van der Waals surface area contributed by atoms with Gasteiger partial charge in [0.05, 0.1) is 11.6 Å². The molecule has 0 aliphatic carbocycles. The Morgan fingerprint density at radius 2 is 1.81 bits per heavy atom. The molecule has 2 aromatic heterocycles. The maximum absolute atomic E-state index is 12.1. The van der Waals surface area contributed by atoms with Crippen LogP contribution in [0.1, 0.15) is 19.4 Å². The van der Waals surface area contributed by atoms with Gasteiger partial charge in [0.1, 0.15) is 5.65 Å². The molecule has 1 amide bonds. The predicted molar refractivity (Wildman–Crippen MR) is 111 cm³/mol. The van der Waals surface area contributed by atoms with Crippen molar-refractivity contribution < 1.29 is 4.79 Å². The van der Waals surface area contributed by atoms with E-state index in [4.69, 9.17) is 5.73 Å². The summed E-state index contributed by atoms with van der Waals surface area (Å²) >= 11 is 0. The van der Waals surface area contributed by atoms with Crippen molar-refractivity contribution in [1.29, 1.82) is 0 Å². The van der Waals surface area contributed by atoms with E-state index in [1.165, 1.54) is 0 Å². The molecule has 0 fully saturated rings. The molecule has 0 aliphatic heterocycles. The molecular weight excluding hydrogens is 371 g/mol. The third kappa shape index (κ3) is 4.55. The van der Waals surface area contributed by atoms with Gasteiger partial charge in [-0.3, -0.25) is 4.79 Å². The monoisotopic (exact) mass is 394 g/mol. The van der Waals surface area contributed by atoms with Crippen molar-refractivity contribution in [1.82, 2.24) is 9.38 Å². The van der Waals surface area contributed by atoms with Crippen molar-refractivity contribution in [3.63, 3.8) is 0 Å². The number of aromatic nitrogens is 2. The first-order valence-electron chi connectivity index (χ1n) is 8.07. The molecule has 0 aliphatic rings. The number of hydrogen-bond donors (Lipinski definition) is 2. The molecule has 0 saturated heterocycles. The maximum Gasteiger partial charge on any atom is 0.228 e. The Balaban J connectivity index is 0.00000169. The van der Waals surface area contributed by atoms with Crippen LogP contribution in [0.5, 0.6) is 0 Å². The van der Waals surface area contributed by atoms with Crippen LogP contribution in [0, 0.1) is 12.8 Å². The quantitative estimate of drug-likeness (QED) is 0.699. The molecule has 26 heavy (non-hydrogen) atoms. The largest absolute Gasteiger partial charge is 0.327 e. The lowest BCUT2D eigenvalue weighted by Crippen LogP contribution is -2.34. The van der Waals surface area contributed by atoms with E-state index in [9.17, 15) is 4.79 Å². The zero-order valence-electron chi connectivity index (χ0n) is 15.0. The third-order valence-corrected chi connectivity index (χ3v) is 4.33. The highest BCUT2D eigenvalue weighted by molar-refractivity contribution is 5.93. The molecule has 3 aromatic rings. The molecule has 2 atom stereocenters. The molecule has 2 unspecified atom stereocenters. The predicted octanol–water partition coefficient (Wildman–Crippen LogP) is 4.08. The fourth-order valence-electron chi connectivity index (χ4n) is 2.51. The molecule has 5 nitrogen and oxygen atoms in total. The topological polar surface area (TPSA) is 72.4 Å². The number of anilines is 1. The molecule has 0 saturated carbocycles. The number of nitrogens with zero attached hydrogens (tertiary/aromatic N) is 2. The van der Waals surface area contributed by atoms with Crippen LogP contribution < -0.4 is 11.1 Å². The molecule has 2 heterocycles. The van der Waals surface area contributed by atoms with Gasteiger partial charge in [0.15, 0.2) is 0 Å². The van der Waals surface area contributed by atoms with E-state index in [0.29, 0.717) is 0 Å². The van der Waals surface area contributed by atoms with Gasteiger partial charge in [-0.1, -0.05) is 25.1 Å². The van der Waals surface area contributed by atoms with E-state index in [-0.39, 0.29) is 42.7 Å². The number of nitrogens with two attached hydrogens (primary N) is 1. The van der Waals surface area contributed by atoms with Crippen LogP contribution in [0.4, 0.5) is 5.69 Å². The van der Waals surface area contributed by atoms with Crippen LogP contribution in [0.15, 0.2) is 48.8 Å². The van der Waals surface area contributed by atoms with Crippen LogP contribution in [-0.2, 0) is 4.79 Å². The second-order valence-electron chi connectivity index (χ2n) is 6.26. The second-order valence-corrected chi connectivity index (χ2v) is 6.26. The fraction of sp³-hybridized carbons (Fsp3) is 0.263. The van der Waals surface area contributed by atoms with Crippen molar-refractivity contribution in [2.24, 2.45) is 11.7 Å². The number of aryl methyl sites for hydroxylation is 1. The molecule has 0 radical (unpaired) electrons. The number of carbonyl (C=O) groups excluding carboxylic acids is 1. The standard InChI is InChI=1S/C19H22N4O.2ClH/c1-12-5-4-10-23-11-17(22-18(12)23)15-6-8-16(9-7-15)21-19(24)13(2)14(3)20;;/h4-11,13-14H,20H2,1-3H3,(H,21,24);2*1H. The van der Waals surface area contributed by atoms with Crippen LogP contribution in [-0.4, -0.2) is 21.3 Å². The Labute approximate surface area is 165 Å². The zero-order chi connectivity index (χ0) is 17.3. The van der Waals surface area contributed by atoms with E-state index in [1.807, 2.05) is 74.0 Å². The smallest absolute Gasteiger partial charge is 0.228 e. The molecule has 140 valence electrons. The molecule has 0 bridgehead atoms. The number of carbonyl (C=O) groups is 1.